The highest BCUT2D eigenvalue weighted by molar-refractivity contribution is 7.98. The number of likely N-dealkylation sites (N-methyl/N-ethyl adjacent to an activating group) is 1. The predicted octanol–water partition coefficient (Wildman–Crippen LogP) is 2.10. The van der Waals surface area contributed by atoms with Crippen molar-refractivity contribution in [2.75, 3.05) is 26.9 Å². The number of amides is 2. The quantitative estimate of drug-likeness (QED) is 0.801. The Labute approximate surface area is 124 Å². The zero-order valence-electron chi connectivity index (χ0n) is 12.1. The van der Waals surface area contributed by atoms with Crippen LogP contribution in [0.3, 0.4) is 0 Å². The summed E-state index contributed by atoms with van der Waals surface area (Å²) in [5.41, 5.74) is 0.654. The molecule has 0 aromatic heterocycles. The second-order valence-corrected chi connectivity index (χ2v) is 6.00. The van der Waals surface area contributed by atoms with Crippen LogP contribution in [0.4, 0.5) is 0 Å². The van der Waals surface area contributed by atoms with E-state index in [2.05, 4.69) is 0 Å². The van der Waals surface area contributed by atoms with Gasteiger partial charge in [-0.05, 0) is 43.4 Å². The van der Waals surface area contributed by atoms with Crippen molar-refractivity contribution in [3.63, 3.8) is 0 Å². The monoisotopic (exact) mass is 292 g/mol. The first-order valence-electron chi connectivity index (χ1n) is 6.70. The Kier molecular flexibility index (Phi) is 4.70. The molecule has 1 saturated heterocycles. The highest BCUT2D eigenvalue weighted by atomic mass is 32.2. The van der Waals surface area contributed by atoms with Gasteiger partial charge in [0.05, 0.1) is 0 Å². The van der Waals surface area contributed by atoms with Crippen LogP contribution in [0.25, 0.3) is 0 Å². The van der Waals surface area contributed by atoms with Crippen LogP contribution >= 0.6 is 11.8 Å². The third kappa shape index (κ3) is 2.98. The fourth-order valence-electron chi connectivity index (χ4n) is 2.46. The van der Waals surface area contributed by atoms with Crippen LogP contribution in [0.2, 0.25) is 0 Å². The van der Waals surface area contributed by atoms with E-state index in [1.54, 1.807) is 35.7 Å². The summed E-state index contributed by atoms with van der Waals surface area (Å²) in [5.74, 6) is -0.0352. The van der Waals surface area contributed by atoms with Gasteiger partial charge in [-0.15, -0.1) is 11.8 Å². The lowest BCUT2D eigenvalue weighted by Crippen LogP contribution is -2.45. The van der Waals surface area contributed by atoms with Gasteiger partial charge in [-0.3, -0.25) is 9.59 Å². The van der Waals surface area contributed by atoms with Crippen molar-refractivity contribution in [2.45, 2.75) is 23.8 Å². The van der Waals surface area contributed by atoms with Gasteiger partial charge in [0.15, 0.2) is 0 Å². The molecular formula is C15H20N2O2S. The number of carbonyl (C=O) groups is 2. The number of thioether (sulfide) groups is 1. The number of benzene rings is 1. The fourth-order valence-corrected chi connectivity index (χ4v) is 2.87. The zero-order chi connectivity index (χ0) is 14.7. The molecule has 0 saturated carbocycles. The van der Waals surface area contributed by atoms with E-state index >= 15 is 0 Å². The third-order valence-corrected chi connectivity index (χ3v) is 4.32. The molecule has 1 unspecified atom stereocenters. The molecule has 0 N–H and O–H groups in total. The van der Waals surface area contributed by atoms with E-state index in [4.69, 9.17) is 0 Å². The van der Waals surface area contributed by atoms with Crippen molar-refractivity contribution < 1.29 is 9.59 Å². The minimum atomic E-state index is -0.308. The van der Waals surface area contributed by atoms with Gasteiger partial charge in [-0.1, -0.05) is 0 Å². The molecule has 4 nitrogen and oxygen atoms in total. The van der Waals surface area contributed by atoms with Crippen LogP contribution in [0.1, 0.15) is 23.2 Å². The second kappa shape index (κ2) is 6.31. The summed E-state index contributed by atoms with van der Waals surface area (Å²) >= 11 is 1.65. The van der Waals surface area contributed by atoms with Crippen molar-refractivity contribution in [3.8, 4) is 0 Å². The maximum Gasteiger partial charge on any atom is 0.254 e. The normalized spacial score (nSPS) is 18.1. The SMILES string of the molecule is CSc1ccc(C(=O)N2CCCC2C(=O)N(C)C)cc1. The summed E-state index contributed by atoms with van der Waals surface area (Å²) in [7, 11) is 3.47. The lowest BCUT2D eigenvalue weighted by molar-refractivity contribution is -0.132. The lowest BCUT2D eigenvalue weighted by Gasteiger charge is -2.26. The van der Waals surface area contributed by atoms with Crippen molar-refractivity contribution in [1.29, 1.82) is 0 Å². The zero-order valence-corrected chi connectivity index (χ0v) is 12.9. The minimum absolute atomic E-state index is 0.0107. The van der Waals surface area contributed by atoms with Gasteiger partial charge in [0.25, 0.3) is 5.91 Å². The standard InChI is InChI=1S/C15H20N2O2S/c1-16(2)15(19)13-5-4-10-17(13)14(18)11-6-8-12(20-3)9-7-11/h6-9,13H,4-5,10H2,1-3H3. The van der Waals surface area contributed by atoms with Gasteiger partial charge in [-0.2, -0.15) is 0 Å². The summed E-state index contributed by atoms with van der Waals surface area (Å²) in [5, 5.41) is 0. The largest absolute Gasteiger partial charge is 0.347 e. The second-order valence-electron chi connectivity index (χ2n) is 5.12. The van der Waals surface area contributed by atoms with Crippen LogP contribution in [0.15, 0.2) is 29.2 Å². The highest BCUT2D eigenvalue weighted by Crippen LogP contribution is 2.22. The van der Waals surface area contributed by atoms with Crippen molar-refractivity contribution in [2.24, 2.45) is 0 Å². The van der Waals surface area contributed by atoms with E-state index in [9.17, 15) is 9.59 Å². The molecule has 1 fully saturated rings. The van der Waals surface area contributed by atoms with Gasteiger partial charge in [0, 0.05) is 31.1 Å². The molecule has 20 heavy (non-hydrogen) atoms. The molecule has 1 aromatic rings. The number of rotatable bonds is 3. The van der Waals surface area contributed by atoms with E-state index in [0.717, 1.165) is 17.7 Å². The molecular weight excluding hydrogens is 272 g/mol. The van der Waals surface area contributed by atoms with Gasteiger partial charge in [0.1, 0.15) is 6.04 Å². The molecule has 1 aromatic carbocycles. The Morgan fingerprint density at radius 2 is 1.90 bits per heavy atom. The van der Waals surface area contributed by atoms with E-state index in [0.29, 0.717) is 12.1 Å². The number of hydrogen-bond donors (Lipinski definition) is 0. The third-order valence-electron chi connectivity index (χ3n) is 3.58. The first kappa shape index (κ1) is 14.9. The molecule has 5 heteroatoms. The fraction of sp³-hybridized carbons (Fsp3) is 0.467. The molecule has 1 atom stereocenters. The number of carbonyl (C=O) groups excluding carboxylic acids is 2. The van der Waals surface area contributed by atoms with Crippen molar-refractivity contribution in [1.82, 2.24) is 9.80 Å². The van der Waals surface area contributed by atoms with E-state index < -0.39 is 0 Å². The van der Waals surface area contributed by atoms with Gasteiger partial charge < -0.3 is 9.80 Å². The molecule has 1 aliphatic rings. The lowest BCUT2D eigenvalue weighted by atomic mass is 10.1. The molecule has 0 radical (unpaired) electrons. The number of nitrogens with zero attached hydrogens (tertiary/aromatic N) is 2. The summed E-state index contributed by atoms with van der Waals surface area (Å²) < 4.78 is 0. The summed E-state index contributed by atoms with van der Waals surface area (Å²) in [6.07, 6.45) is 3.65. The van der Waals surface area contributed by atoms with E-state index in [1.807, 2.05) is 30.5 Å². The Morgan fingerprint density at radius 3 is 2.45 bits per heavy atom. The molecule has 0 spiro atoms. The average Bonchev–Trinajstić information content (AvgIpc) is 2.94. The van der Waals surface area contributed by atoms with Crippen LogP contribution in [0, 0.1) is 0 Å². The molecule has 1 heterocycles. The van der Waals surface area contributed by atoms with Gasteiger partial charge in [0.2, 0.25) is 5.91 Å². The maximum atomic E-state index is 12.5. The van der Waals surface area contributed by atoms with Crippen LogP contribution in [-0.4, -0.2) is 54.6 Å². The number of likely N-dealkylation sites (tertiary alicyclic amines) is 1. The molecule has 1 aliphatic heterocycles. The molecule has 2 amide bonds. The first-order chi connectivity index (χ1) is 9.54. The Bertz CT molecular complexity index is 499. The highest BCUT2D eigenvalue weighted by Gasteiger charge is 2.35. The predicted molar refractivity (Wildman–Crippen MR) is 81.0 cm³/mol. The first-order valence-corrected chi connectivity index (χ1v) is 7.93. The van der Waals surface area contributed by atoms with Crippen LogP contribution < -0.4 is 0 Å². The van der Waals surface area contributed by atoms with Gasteiger partial charge >= 0.3 is 0 Å². The molecule has 0 bridgehead atoms. The minimum Gasteiger partial charge on any atom is -0.347 e. The Hall–Kier alpha value is -1.49. The smallest absolute Gasteiger partial charge is 0.254 e. The van der Waals surface area contributed by atoms with Crippen molar-refractivity contribution >= 4 is 23.6 Å². The van der Waals surface area contributed by atoms with Gasteiger partial charge in [-0.25, -0.2) is 0 Å². The summed E-state index contributed by atoms with van der Waals surface area (Å²) in [6, 6.07) is 7.25. The van der Waals surface area contributed by atoms with E-state index in [-0.39, 0.29) is 17.9 Å². The van der Waals surface area contributed by atoms with E-state index in [1.165, 1.54) is 0 Å². The molecule has 108 valence electrons. The Balaban J connectivity index is 2.16. The number of hydrogen-bond acceptors (Lipinski definition) is 3. The Morgan fingerprint density at radius 1 is 1.25 bits per heavy atom. The maximum absolute atomic E-state index is 12.5. The molecule has 0 aliphatic carbocycles. The van der Waals surface area contributed by atoms with Crippen LogP contribution in [0.5, 0.6) is 0 Å². The summed E-state index contributed by atoms with van der Waals surface area (Å²) in [4.78, 5) is 29.0. The summed E-state index contributed by atoms with van der Waals surface area (Å²) in [6.45, 7) is 0.660. The topological polar surface area (TPSA) is 40.6 Å². The van der Waals surface area contributed by atoms with Crippen LogP contribution in [-0.2, 0) is 4.79 Å². The van der Waals surface area contributed by atoms with Crippen molar-refractivity contribution in [3.05, 3.63) is 29.8 Å². The average molecular weight is 292 g/mol. The molecule has 2 rings (SSSR count).